The molecule has 0 aliphatic rings. The lowest BCUT2D eigenvalue weighted by Crippen LogP contribution is -2.20. The summed E-state index contributed by atoms with van der Waals surface area (Å²) in [6.45, 7) is 2.66. The number of hydrogen-bond donors (Lipinski definition) is 2. The summed E-state index contributed by atoms with van der Waals surface area (Å²) in [4.78, 5) is 0. The second-order valence-corrected chi connectivity index (χ2v) is 2.95. The summed E-state index contributed by atoms with van der Waals surface area (Å²) in [6, 6.07) is 5.86. The first-order valence-corrected chi connectivity index (χ1v) is 3.79. The molecule has 0 aliphatic heterocycles. The van der Waals surface area contributed by atoms with Crippen molar-refractivity contribution >= 4 is 11.6 Å². The lowest BCUT2D eigenvalue weighted by atomic mass is 10.1. The molecule has 60 valence electrons. The largest absolute Gasteiger partial charge is 0.271 e. The Kier molecular flexibility index (Phi) is 2.88. The fraction of sp³-hybridized carbons (Fsp3) is 0.250. The quantitative estimate of drug-likeness (QED) is 0.523. The predicted molar refractivity (Wildman–Crippen MR) is 47.2 cm³/mol. The van der Waals surface area contributed by atoms with E-state index in [-0.39, 0.29) is 0 Å². The maximum Gasteiger partial charge on any atom is 0.0411 e. The third-order valence-electron chi connectivity index (χ3n) is 1.41. The Morgan fingerprint density at radius 3 is 2.73 bits per heavy atom. The number of hydrazine groups is 1. The van der Waals surface area contributed by atoms with Crippen molar-refractivity contribution in [2.45, 2.75) is 13.5 Å². The van der Waals surface area contributed by atoms with Crippen LogP contribution < -0.4 is 11.3 Å². The third-order valence-corrected chi connectivity index (χ3v) is 1.63. The summed E-state index contributed by atoms with van der Waals surface area (Å²) in [5.41, 5.74) is 4.84. The molecule has 2 nitrogen and oxygen atoms in total. The van der Waals surface area contributed by atoms with Crippen LogP contribution in [0.4, 0.5) is 0 Å². The summed E-state index contributed by atoms with van der Waals surface area (Å²) in [5, 5.41) is 0.759. The monoisotopic (exact) mass is 170 g/mol. The zero-order valence-electron chi connectivity index (χ0n) is 6.39. The maximum absolute atomic E-state index is 5.82. The zero-order chi connectivity index (χ0) is 8.27. The van der Waals surface area contributed by atoms with Gasteiger partial charge in [0.25, 0.3) is 0 Å². The Labute approximate surface area is 71.3 Å². The van der Waals surface area contributed by atoms with E-state index in [1.807, 2.05) is 25.1 Å². The van der Waals surface area contributed by atoms with Crippen molar-refractivity contribution in [2.24, 2.45) is 5.84 Å². The standard InChI is InChI=1S/C8H11ClN2/c1-6-2-7(5-11-10)4-8(9)3-6/h2-4,11H,5,10H2,1H3. The molecular weight excluding hydrogens is 160 g/mol. The van der Waals surface area contributed by atoms with E-state index in [0.29, 0.717) is 6.54 Å². The van der Waals surface area contributed by atoms with E-state index < -0.39 is 0 Å². The molecule has 0 radical (unpaired) electrons. The minimum absolute atomic E-state index is 0.654. The Morgan fingerprint density at radius 1 is 1.45 bits per heavy atom. The Bertz CT molecular complexity index is 228. The van der Waals surface area contributed by atoms with Crippen molar-refractivity contribution in [3.8, 4) is 0 Å². The van der Waals surface area contributed by atoms with Crippen molar-refractivity contribution in [3.05, 3.63) is 34.3 Å². The van der Waals surface area contributed by atoms with Crippen LogP contribution in [0, 0.1) is 6.92 Å². The molecule has 0 spiro atoms. The Balaban J connectivity index is 2.89. The molecule has 0 atom stereocenters. The van der Waals surface area contributed by atoms with Crippen molar-refractivity contribution < 1.29 is 0 Å². The van der Waals surface area contributed by atoms with Crippen LogP contribution in [0.25, 0.3) is 0 Å². The van der Waals surface area contributed by atoms with E-state index in [0.717, 1.165) is 16.1 Å². The number of nitrogens with one attached hydrogen (secondary N) is 1. The van der Waals surface area contributed by atoms with Gasteiger partial charge in [0, 0.05) is 11.6 Å². The first-order valence-electron chi connectivity index (χ1n) is 3.42. The van der Waals surface area contributed by atoms with Crippen molar-refractivity contribution in [3.63, 3.8) is 0 Å². The molecule has 1 aromatic carbocycles. The second-order valence-electron chi connectivity index (χ2n) is 2.52. The smallest absolute Gasteiger partial charge is 0.0411 e. The van der Waals surface area contributed by atoms with E-state index in [4.69, 9.17) is 17.4 Å². The average molecular weight is 171 g/mol. The molecule has 3 N–H and O–H groups in total. The van der Waals surface area contributed by atoms with E-state index in [2.05, 4.69) is 5.43 Å². The molecule has 11 heavy (non-hydrogen) atoms. The van der Waals surface area contributed by atoms with Gasteiger partial charge in [-0.15, -0.1) is 0 Å². The van der Waals surface area contributed by atoms with Gasteiger partial charge in [-0.3, -0.25) is 11.3 Å². The molecule has 1 aromatic rings. The molecule has 0 fully saturated rings. The zero-order valence-corrected chi connectivity index (χ0v) is 7.15. The summed E-state index contributed by atoms with van der Waals surface area (Å²) in [5.74, 6) is 5.17. The van der Waals surface area contributed by atoms with Crippen LogP contribution >= 0.6 is 11.6 Å². The molecule has 0 heterocycles. The highest BCUT2D eigenvalue weighted by Gasteiger charge is 1.94. The van der Waals surface area contributed by atoms with Crippen molar-refractivity contribution in [1.82, 2.24) is 5.43 Å². The highest BCUT2D eigenvalue weighted by atomic mass is 35.5. The molecule has 0 aliphatic carbocycles. The van der Waals surface area contributed by atoms with E-state index in [9.17, 15) is 0 Å². The highest BCUT2D eigenvalue weighted by Crippen LogP contribution is 2.13. The van der Waals surface area contributed by atoms with E-state index in [1.54, 1.807) is 0 Å². The van der Waals surface area contributed by atoms with Gasteiger partial charge in [-0.2, -0.15) is 0 Å². The SMILES string of the molecule is Cc1cc(Cl)cc(CNN)c1. The molecule has 0 bridgehead atoms. The normalized spacial score (nSPS) is 10.1. The predicted octanol–water partition coefficient (Wildman–Crippen LogP) is 1.61. The summed E-state index contributed by atoms with van der Waals surface area (Å²) >= 11 is 5.82. The van der Waals surface area contributed by atoms with E-state index in [1.165, 1.54) is 0 Å². The fourth-order valence-corrected chi connectivity index (χ4v) is 1.34. The molecule has 0 unspecified atom stereocenters. The maximum atomic E-state index is 5.82. The molecule has 0 saturated heterocycles. The van der Waals surface area contributed by atoms with Gasteiger partial charge in [0.1, 0.15) is 0 Å². The molecule has 0 saturated carbocycles. The van der Waals surface area contributed by atoms with Gasteiger partial charge in [0.2, 0.25) is 0 Å². The first-order chi connectivity index (χ1) is 5.22. The molecule has 3 heteroatoms. The van der Waals surface area contributed by atoms with Gasteiger partial charge in [0.05, 0.1) is 0 Å². The minimum Gasteiger partial charge on any atom is -0.271 e. The van der Waals surface area contributed by atoms with Gasteiger partial charge in [-0.05, 0) is 30.2 Å². The fourth-order valence-electron chi connectivity index (χ4n) is 1.03. The lowest BCUT2D eigenvalue weighted by Gasteiger charge is -2.01. The van der Waals surface area contributed by atoms with Crippen LogP contribution in [0.1, 0.15) is 11.1 Å². The van der Waals surface area contributed by atoms with E-state index >= 15 is 0 Å². The lowest BCUT2D eigenvalue weighted by molar-refractivity contribution is 0.741. The number of benzene rings is 1. The Hall–Kier alpha value is -0.570. The second kappa shape index (κ2) is 3.72. The van der Waals surface area contributed by atoms with Crippen molar-refractivity contribution in [2.75, 3.05) is 0 Å². The summed E-state index contributed by atoms with van der Waals surface area (Å²) in [6.07, 6.45) is 0. The molecule has 1 rings (SSSR count). The number of rotatable bonds is 2. The summed E-state index contributed by atoms with van der Waals surface area (Å²) in [7, 11) is 0. The van der Waals surface area contributed by atoms with Crippen LogP contribution in [-0.4, -0.2) is 0 Å². The third kappa shape index (κ3) is 2.50. The van der Waals surface area contributed by atoms with Crippen LogP contribution in [-0.2, 0) is 6.54 Å². The average Bonchev–Trinajstić information content (AvgIpc) is 1.85. The molecule has 0 aromatic heterocycles. The summed E-state index contributed by atoms with van der Waals surface area (Å²) < 4.78 is 0. The van der Waals surface area contributed by atoms with Crippen LogP contribution in [0.5, 0.6) is 0 Å². The van der Waals surface area contributed by atoms with Gasteiger partial charge < -0.3 is 0 Å². The Morgan fingerprint density at radius 2 is 2.18 bits per heavy atom. The van der Waals surface area contributed by atoms with Gasteiger partial charge >= 0.3 is 0 Å². The molecular formula is C8H11ClN2. The van der Waals surface area contributed by atoms with Crippen LogP contribution in [0.2, 0.25) is 5.02 Å². The minimum atomic E-state index is 0.654. The van der Waals surface area contributed by atoms with Gasteiger partial charge in [-0.1, -0.05) is 17.7 Å². The number of nitrogens with two attached hydrogens (primary N) is 1. The first kappa shape index (κ1) is 8.53. The van der Waals surface area contributed by atoms with Crippen LogP contribution in [0.15, 0.2) is 18.2 Å². The number of hydrogen-bond acceptors (Lipinski definition) is 2. The van der Waals surface area contributed by atoms with Gasteiger partial charge in [0.15, 0.2) is 0 Å². The number of halogens is 1. The topological polar surface area (TPSA) is 38.0 Å². The molecule has 0 amide bonds. The highest BCUT2D eigenvalue weighted by molar-refractivity contribution is 6.30. The van der Waals surface area contributed by atoms with Gasteiger partial charge in [-0.25, -0.2) is 0 Å². The number of aryl methyl sites for hydroxylation is 1. The van der Waals surface area contributed by atoms with Crippen LogP contribution in [0.3, 0.4) is 0 Å². The van der Waals surface area contributed by atoms with Crippen molar-refractivity contribution in [1.29, 1.82) is 0 Å².